The van der Waals surface area contributed by atoms with Crippen molar-refractivity contribution in [3.05, 3.63) is 35.6 Å². The number of nitrogens with one attached hydrogen (secondary N) is 2. The number of carbonyl (C=O) groups is 2. The van der Waals surface area contributed by atoms with E-state index in [-0.39, 0.29) is 18.1 Å². The Morgan fingerprint density at radius 2 is 1.95 bits per heavy atom. The summed E-state index contributed by atoms with van der Waals surface area (Å²) in [7, 11) is 3.03. The minimum absolute atomic E-state index is 0.00737. The molecule has 110 valence electrons. The normalized spacial score (nSPS) is 11.8. The first-order chi connectivity index (χ1) is 9.56. The molecule has 6 heteroatoms. The highest BCUT2D eigenvalue weighted by Crippen LogP contribution is 2.18. The van der Waals surface area contributed by atoms with Gasteiger partial charge in [0, 0.05) is 13.0 Å². The molecule has 0 fully saturated rings. The fourth-order valence-corrected chi connectivity index (χ4v) is 1.70. The van der Waals surface area contributed by atoms with Crippen LogP contribution in [0, 0.1) is 5.82 Å². The minimum atomic E-state index is -0.521. The molecule has 1 atom stereocenters. The van der Waals surface area contributed by atoms with Crippen molar-refractivity contribution in [2.75, 3.05) is 20.7 Å². The fraction of sp³-hybridized carbons (Fsp3) is 0.429. The lowest BCUT2D eigenvalue weighted by molar-refractivity contribution is -0.141. The maximum absolute atomic E-state index is 12.9. The third kappa shape index (κ3) is 5.36. The van der Waals surface area contributed by atoms with Crippen LogP contribution in [0.4, 0.5) is 4.39 Å². The summed E-state index contributed by atoms with van der Waals surface area (Å²) >= 11 is 0. The predicted octanol–water partition coefficient (Wildman–Crippen LogP) is 1.16. The molecule has 0 aliphatic carbocycles. The van der Waals surface area contributed by atoms with Gasteiger partial charge in [0.1, 0.15) is 5.82 Å². The maximum atomic E-state index is 12.9. The number of benzene rings is 1. The molecule has 0 heterocycles. The van der Waals surface area contributed by atoms with Crippen LogP contribution in [0.25, 0.3) is 0 Å². The van der Waals surface area contributed by atoms with Crippen LogP contribution in [0.2, 0.25) is 0 Å². The van der Waals surface area contributed by atoms with Crippen LogP contribution in [-0.4, -0.2) is 32.6 Å². The maximum Gasteiger partial charge on any atom is 0.307 e. The monoisotopic (exact) mass is 282 g/mol. The molecule has 0 radical (unpaired) electrons. The molecule has 0 saturated heterocycles. The Labute approximate surface area is 117 Å². The molecule has 5 nitrogen and oxygen atoms in total. The predicted molar refractivity (Wildman–Crippen MR) is 72.5 cm³/mol. The fourth-order valence-electron chi connectivity index (χ4n) is 1.70. The molecule has 1 unspecified atom stereocenters. The Morgan fingerprint density at radius 3 is 2.50 bits per heavy atom. The van der Waals surface area contributed by atoms with Gasteiger partial charge in [0.15, 0.2) is 0 Å². The van der Waals surface area contributed by atoms with E-state index in [0.29, 0.717) is 18.5 Å². The largest absolute Gasteiger partial charge is 0.469 e. The van der Waals surface area contributed by atoms with Crippen molar-refractivity contribution in [2.24, 2.45) is 0 Å². The zero-order chi connectivity index (χ0) is 15.0. The molecular formula is C14H19FN2O3. The summed E-state index contributed by atoms with van der Waals surface area (Å²) in [5.74, 6) is -0.988. The summed E-state index contributed by atoms with van der Waals surface area (Å²) < 4.78 is 17.5. The number of methoxy groups -OCH3 is 1. The van der Waals surface area contributed by atoms with Crippen LogP contribution in [0.15, 0.2) is 24.3 Å². The summed E-state index contributed by atoms with van der Waals surface area (Å²) in [5, 5.41) is 5.62. The summed E-state index contributed by atoms with van der Waals surface area (Å²) in [5.41, 5.74) is 0.662. The number of ether oxygens (including phenoxy) is 1. The third-order valence-electron chi connectivity index (χ3n) is 2.81. The highest BCUT2D eigenvalue weighted by atomic mass is 19.1. The SMILES string of the molecule is CNCCC(=O)NC(CC(=O)OC)c1ccc(F)cc1. The summed E-state index contributed by atoms with van der Waals surface area (Å²) in [6.45, 7) is 0.542. The van der Waals surface area contributed by atoms with Gasteiger partial charge in [-0.15, -0.1) is 0 Å². The molecule has 1 amide bonds. The molecule has 20 heavy (non-hydrogen) atoms. The van der Waals surface area contributed by atoms with Gasteiger partial charge in [0.05, 0.1) is 19.6 Å². The molecule has 1 aromatic rings. The van der Waals surface area contributed by atoms with E-state index in [1.807, 2.05) is 0 Å². The van der Waals surface area contributed by atoms with Gasteiger partial charge >= 0.3 is 5.97 Å². The van der Waals surface area contributed by atoms with E-state index < -0.39 is 12.0 Å². The van der Waals surface area contributed by atoms with E-state index in [2.05, 4.69) is 15.4 Å². The second-order valence-corrected chi connectivity index (χ2v) is 4.31. The van der Waals surface area contributed by atoms with Gasteiger partial charge in [-0.3, -0.25) is 9.59 Å². The Morgan fingerprint density at radius 1 is 1.30 bits per heavy atom. The van der Waals surface area contributed by atoms with E-state index in [1.54, 1.807) is 19.2 Å². The van der Waals surface area contributed by atoms with Crippen molar-refractivity contribution >= 4 is 11.9 Å². The average molecular weight is 282 g/mol. The minimum Gasteiger partial charge on any atom is -0.469 e. The molecule has 0 saturated carbocycles. The van der Waals surface area contributed by atoms with Crippen LogP contribution in [0.5, 0.6) is 0 Å². The lowest BCUT2D eigenvalue weighted by atomic mass is 10.0. The van der Waals surface area contributed by atoms with E-state index >= 15 is 0 Å². The molecule has 0 aliphatic rings. The highest BCUT2D eigenvalue weighted by Gasteiger charge is 2.18. The first kappa shape index (κ1) is 16.1. The molecule has 0 bridgehead atoms. The lowest BCUT2D eigenvalue weighted by Crippen LogP contribution is -2.32. The Hall–Kier alpha value is -1.95. The molecule has 0 aromatic heterocycles. The van der Waals surface area contributed by atoms with Crippen LogP contribution in [0.3, 0.4) is 0 Å². The van der Waals surface area contributed by atoms with Crippen LogP contribution in [0.1, 0.15) is 24.4 Å². The Bertz CT molecular complexity index is 448. The number of halogens is 1. The van der Waals surface area contributed by atoms with Gasteiger partial charge in [-0.25, -0.2) is 4.39 Å². The van der Waals surface area contributed by atoms with E-state index in [0.717, 1.165) is 0 Å². The van der Waals surface area contributed by atoms with Crippen molar-refractivity contribution in [2.45, 2.75) is 18.9 Å². The number of rotatable bonds is 7. The molecule has 0 spiro atoms. The van der Waals surface area contributed by atoms with Crippen LogP contribution >= 0.6 is 0 Å². The Balaban J connectivity index is 2.76. The highest BCUT2D eigenvalue weighted by molar-refractivity contribution is 5.78. The molecule has 2 N–H and O–H groups in total. The molecule has 0 aliphatic heterocycles. The van der Waals surface area contributed by atoms with Crippen molar-refractivity contribution < 1.29 is 18.7 Å². The van der Waals surface area contributed by atoms with Gasteiger partial charge in [-0.05, 0) is 24.7 Å². The van der Waals surface area contributed by atoms with E-state index in [1.165, 1.54) is 19.2 Å². The number of carbonyl (C=O) groups excluding carboxylic acids is 2. The second-order valence-electron chi connectivity index (χ2n) is 4.31. The number of amides is 1. The first-order valence-electron chi connectivity index (χ1n) is 6.33. The van der Waals surface area contributed by atoms with Gasteiger partial charge in [-0.2, -0.15) is 0 Å². The van der Waals surface area contributed by atoms with Crippen molar-refractivity contribution in [3.8, 4) is 0 Å². The number of hydrogen-bond donors (Lipinski definition) is 2. The standard InChI is InChI=1S/C14H19FN2O3/c1-16-8-7-13(18)17-12(9-14(19)20-2)10-3-5-11(15)6-4-10/h3-6,12,16H,7-9H2,1-2H3,(H,17,18). The summed E-state index contributed by atoms with van der Waals surface area (Å²) in [6, 6.07) is 5.15. The number of esters is 1. The van der Waals surface area contributed by atoms with Gasteiger partial charge in [-0.1, -0.05) is 12.1 Å². The number of hydrogen-bond acceptors (Lipinski definition) is 4. The Kier molecular flexibility index (Phi) is 6.66. The molecule has 1 rings (SSSR count). The van der Waals surface area contributed by atoms with Crippen molar-refractivity contribution in [3.63, 3.8) is 0 Å². The first-order valence-corrected chi connectivity index (χ1v) is 6.33. The molecular weight excluding hydrogens is 263 g/mol. The van der Waals surface area contributed by atoms with Crippen molar-refractivity contribution in [1.82, 2.24) is 10.6 Å². The van der Waals surface area contributed by atoms with Gasteiger partial charge in [0.2, 0.25) is 5.91 Å². The topological polar surface area (TPSA) is 67.4 Å². The van der Waals surface area contributed by atoms with Crippen molar-refractivity contribution in [1.29, 1.82) is 0 Å². The average Bonchev–Trinajstić information content (AvgIpc) is 2.45. The zero-order valence-corrected chi connectivity index (χ0v) is 11.6. The van der Waals surface area contributed by atoms with Gasteiger partial charge in [0.25, 0.3) is 0 Å². The summed E-state index contributed by atoms with van der Waals surface area (Å²) in [4.78, 5) is 23.1. The van der Waals surface area contributed by atoms with E-state index in [9.17, 15) is 14.0 Å². The van der Waals surface area contributed by atoms with Crippen LogP contribution < -0.4 is 10.6 Å². The second kappa shape index (κ2) is 8.27. The van der Waals surface area contributed by atoms with Gasteiger partial charge < -0.3 is 15.4 Å². The van der Waals surface area contributed by atoms with E-state index in [4.69, 9.17) is 0 Å². The van der Waals surface area contributed by atoms with Crippen LogP contribution in [-0.2, 0) is 14.3 Å². The third-order valence-corrected chi connectivity index (χ3v) is 2.81. The quantitative estimate of drug-likeness (QED) is 0.736. The lowest BCUT2D eigenvalue weighted by Gasteiger charge is -2.18. The zero-order valence-electron chi connectivity index (χ0n) is 11.6. The summed E-state index contributed by atoms with van der Waals surface area (Å²) in [6.07, 6.45) is 0.308. The smallest absolute Gasteiger partial charge is 0.307 e. The molecule has 1 aromatic carbocycles.